The van der Waals surface area contributed by atoms with Crippen molar-refractivity contribution in [2.75, 3.05) is 7.11 Å². The summed E-state index contributed by atoms with van der Waals surface area (Å²) in [7, 11) is 1.40. The molecular weight excluding hydrogens is 285 g/mol. The van der Waals surface area contributed by atoms with Crippen LogP contribution in [0.3, 0.4) is 0 Å². The monoisotopic (exact) mass is 303 g/mol. The molecule has 2 unspecified atom stereocenters. The summed E-state index contributed by atoms with van der Waals surface area (Å²) in [6.45, 7) is 4.60. The lowest BCUT2D eigenvalue weighted by Crippen LogP contribution is -2.42. The first-order chi connectivity index (χ1) is 8.99. The van der Waals surface area contributed by atoms with Crippen molar-refractivity contribution in [1.82, 2.24) is 5.32 Å². The van der Waals surface area contributed by atoms with Crippen LogP contribution < -0.4 is 5.32 Å². The van der Waals surface area contributed by atoms with Gasteiger partial charge in [0.1, 0.15) is 6.04 Å². The number of hydrogen-bond donors (Lipinski definition) is 1. The maximum Gasteiger partial charge on any atom is 0.323 e. The minimum atomic E-state index is -0.315. The quantitative estimate of drug-likeness (QED) is 0.815. The van der Waals surface area contributed by atoms with E-state index in [1.165, 1.54) is 7.11 Å². The van der Waals surface area contributed by atoms with Crippen molar-refractivity contribution in [3.63, 3.8) is 0 Å². The molecule has 0 aliphatic heterocycles. The molecule has 0 fully saturated rings. The molecule has 0 aliphatic carbocycles. The first kappa shape index (κ1) is 16.3. The van der Waals surface area contributed by atoms with Crippen molar-refractivity contribution in [1.29, 1.82) is 0 Å². The van der Waals surface area contributed by atoms with Gasteiger partial charge in [-0.1, -0.05) is 49.5 Å². The van der Waals surface area contributed by atoms with Gasteiger partial charge in [-0.2, -0.15) is 0 Å². The number of hydrogen-bond acceptors (Lipinski definition) is 3. The van der Waals surface area contributed by atoms with Crippen molar-refractivity contribution >= 4 is 29.2 Å². The van der Waals surface area contributed by atoms with Crippen molar-refractivity contribution < 1.29 is 9.53 Å². The Morgan fingerprint density at radius 1 is 1.37 bits per heavy atom. The lowest BCUT2D eigenvalue weighted by Gasteiger charge is -2.22. The zero-order valence-electron chi connectivity index (χ0n) is 11.4. The van der Waals surface area contributed by atoms with Crippen LogP contribution in [0.1, 0.15) is 25.8 Å². The molecule has 1 rings (SSSR count). The summed E-state index contributed by atoms with van der Waals surface area (Å²) in [5, 5.41) is 4.25. The van der Waals surface area contributed by atoms with Crippen LogP contribution >= 0.6 is 23.2 Å². The number of methoxy groups -OCH3 is 1. The first-order valence-corrected chi connectivity index (χ1v) is 7.00. The predicted octanol–water partition coefficient (Wildman–Crippen LogP) is 3.67. The Balaban J connectivity index is 2.70. The molecule has 0 heterocycles. The molecule has 0 amide bonds. The molecule has 0 spiro atoms. The maximum atomic E-state index is 11.7. The number of carbonyl (C=O) groups excluding carboxylic acids is 1. The van der Waals surface area contributed by atoms with E-state index >= 15 is 0 Å². The SMILES string of the molecule is CCC(C)C(NCc1ccc(Cl)c(Cl)c1)C(=O)OC. The molecule has 2 atom stereocenters. The highest BCUT2D eigenvalue weighted by molar-refractivity contribution is 6.42. The zero-order valence-corrected chi connectivity index (χ0v) is 12.9. The van der Waals surface area contributed by atoms with Gasteiger partial charge in [-0.15, -0.1) is 0 Å². The molecular formula is C14H19Cl2NO2. The van der Waals surface area contributed by atoms with E-state index in [-0.39, 0.29) is 17.9 Å². The molecule has 0 aromatic heterocycles. The van der Waals surface area contributed by atoms with E-state index in [9.17, 15) is 4.79 Å². The highest BCUT2D eigenvalue weighted by Gasteiger charge is 2.24. The molecule has 1 aromatic rings. The van der Waals surface area contributed by atoms with Crippen molar-refractivity contribution in [2.45, 2.75) is 32.9 Å². The van der Waals surface area contributed by atoms with Crippen LogP contribution in [0.15, 0.2) is 18.2 Å². The van der Waals surface area contributed by atoms with Gasteiger partial charge in [0.05, 0.1) is 17.2 Å². The van der Waals surface area contributed by atoms with Gasteiger partial charge in [0.25, 0.3) is 0 Å². The van der Waals surface area contributed by atoms with Gasteiger partial charge < -0.3 is 10.1 Å². The molecule has 5 heteroatoms. The summed E-state index contributed by atoms with van der Waals surface area (Å²) >= 11 is 11.8. The molecule has 0 saturated heterocycles. The van der Waals surface area contributed by atoms with Crippen LogP contribution in [0.2, 0.25) is 10.0 Å². The van der Waals surface area contributed by atoms with Gasteiger partial charge in [0, 0.05) is 6.54 Å². The van der Waals surface area contributed by atoms with E-state index in [1.807, 2.05) is 19.9 Å². The van der Waals surface area contributed by atoms with Crippen LogP contribution in [0.25, 0.3) is 0 Å². The lowest BCUT2D eigenvalue weighted by atomic mass is 9.99. The molecule has 0 saturated carbocycles. The molecule has 1 aromatic carbocycles. The van der Waals surface area contributed by atoms with E-state index in [0.717, 1.165) is 12.0 Å². The van der Waals surface area contributed by atoms with Crippen LogP contribution in [0, 0.1) is 5.92 Å². The Morgan fingerprint density at radius 3 is 2.58 bits per heavy atom. The van der Waals surface area contributed by atoms with Crippen LogP contribution in [-0.4, -0.2) is 19.1 Å². The third-order valence-corrected chi connectivity index (χ3v) is 3.92. The van der Waals surface area contributed by atoms with E-state index in [0.29, 0.717) is 16.6 Å². The highest BCUT2D eigenvalue weighted by Crippen LogP contribution is 2.22. The molecule has 19 heavy (non-hydrogen) atoms. The number of carbonyl (C=O) groups is 1. The van der Waals surface area contributed by atoms with Crippen LogP contribution in [0.5, 0.6) is 0 Å². The third kappa shape index (κ3) is 4.68. The number of nitrogens with one attached hydrogen (secondary N) is 1. The minimum Gasteiger partial charge on any atom is -0.468 e. The van der Waals surface area contributed by atoms with Gasteiger partial charge in [-0.25, -0.2) is 0 Å². The molecule has 1 N–H and O–H groups in total. The Kier molecular flexibility index (Phi) is 6.63. The first-order valence-electron chi connectivity index (χ1n) is 6.24. The summed E-state index contributed by atoms with van der Waals surface area (Å²) in [5.74, 6) is -0.0374. The molecule has 106 valence electrons. The second kappa shape index (κ2) is 7.73. The number of halogens is 2. The van der Waals surface area contributed by atoms with E-state index in [1.54, 1.807) is 12.1 Å². The normalized spacial score (nSPS) is 13.9. The number of benzene rings is 1. The van der Waals surface area contributed by atoms with E-state index in [4.69, 9.17) is 27.9 Å². The summed E-state index contributed by atoms with van der Waals surface area (Å²) in [4.78, 5) is 11.7. The average molecular weight is 304 g/mol. The second-order valence-electron chi connectivity index (χ2n) is 4.52. The van der Waals surface area contributed by atoms with Crippen molar-refractivity contribution in [3.05, 3.63) is 33.8 Å². The third-order valence-electron chi connectivity index (χ3n) is 3.18. The van der Waals surface area contributed by atoms with Crippen LogP contribution in [-0.2, 0) is 16.1 Å². The average Bonchev–Trinajstić information content (AvgIpc) is 2.42. The minimum absolute atomic E-state index is 0.204. The summed E-state index contributed by atoms with van der Waals surface area (Å²) in [6, 6.07) is 5.11. The number of rotatable bonds is 6. The Bertz CT molecular complexity index is 437. The lowest BCUT2D eigenvalue weighted by molar-refractivity contribution is -0.144. The van der Waals surface area contributed by atoms with Gasteiger partial charge in [0.2, 0.25) is 0 Å². The number of ether oxygens (including phenoxy) is 1. The van der Waals surface area contributed by atoms with Gasteiger partial charge >= 0.3 is 5.97 Å². The topological polar surface area (TPSA) is 38.3 Å². The van der Waals surface area contributed by atoms with Crippen LogP contribution in [0.4, 0.5) is 0 Å². The summed E-state index contributed by atoms with van der Waals surface area (Å²) in [5.41, 5.74) is 0.978. The van der Waals surface area contributed by atoms with Gasteiger partial charge in [-0.05, 0) is 23.6 Å². The summed E-state index contributed by atoms with van der Waals surface area (Å²) < 4.78 is 4.82. The van der Waals surface area contributed by atoms with E-state index in [2.05, 4.69) is 5.32 Å². The molecule has 0 bridgehead atoms. The largest absolute Gasteiger partial charge is 0.468 e. The Labute approximate surface area is 124 Å². The summed E-state index contributed by atoms with van der Waals surface area (Å²) in [6.07, 6.45) is 0.897. The zero-order chi connectivity index (χ0) is 14.4. The fraction of sp³-hybridized carbons (Fsp3) is 0.500. The second-order valence-corrected chi connectivity index (χ2v) is 5.33. The molecule has 0 aliphatic rings. The predicted molar refractivity (Wildman–Crippen MR) is 78.6 cm³/mol. The highest BCUT2D eigenvalue weighted by atomic mass is 35.5. The van der Waals surface area contributed by atoms with E-state index < -0.39 is 0 Å². The Morgan fingerprint density at radius 2 is 2.05 bits per heavy atom. The standard InChI is InChI=1S/C14H19Cl2NO2/c1-4-9(2)13(14(18)19-3)17-8-10-5-6-11(15)12(16)7-10/h5-7,9,13,17H,4,8H2,1-3H3. The molecule has 3 nitrogen and oxygen atoms in total. The fourth-order valence-corrected chi connectivity index (χ4v) is 2.08. The van der Waals surface area contributed by atoms with Gasteiger partial charge in [-0.3, -0.25) is 4.79 Å². The van der Waals surface area contributed by atoms with Gasteiger partial charge in [0.15, 0.2) is 0 Å². The fourth-order valence-electron chi connectivity index (χ4n) is 1.76. The number of esters is 1. The van der Waals surface area contributed by atoms with Crippen molar-refractivity contribution in [2.24, 2.45) is 5.92 Å². The van der Waals surface area contributed by atoms with Crippen molar-refractivity contribution in [3.8, 4) is 0 Å². The Hall–Kier alpha value is -0.770. The maximum absolute atomic E-state index is 11.7. The molecule has 0 radical (unpaired) electrons. The smallest absolute Gasteiger partial charge is 0.323 e.